The van der Waals surface area contributed by atoms with Crippen LogP contribution in [0.2, 0.25) is 0 Å². The molecule has 72 valence electrons. The first-order chi connectivity index (χ1) is 5.38. The second kappa shape index (κ2) is 4.30. The Labute approximate surface area is 67.9 Å². The quantitative estimate of drug-likeness (QED) is 0.702. The molecule has 1 amide bonds. The Morgan fingerprint density at radius 1 is 1.58 bits per heavy atom. The summed E-state index contributed by atoms with van der Waals surface area (Å²) in [6, 6.07) is -0.635. The zero-order chi connectivity index (χ0) is 9.78. The molecule has 0 aromatic rings. The number of hydrogen-bond donors (Lipinski definition) is 1. The van der Waals surface area contributed by atoms with Crippen molar-refractivity contribution in [2.75, 3.05) is 13.7 Å². The molecule has 0 aliphatic rings. The summed E-state index contributed by atoms with van der Waals surface area (Å²) in [7, 11) is 1.34. The zero-order valence-electron chi connectivity index (χ0n) is 6.73. The number of methoxy groups -OCH3 is 1. The molecule has 0 rings (SSSR count). The number of carbonyl (C=O) groups is 1. The Kier molecular flexibility index (Phi) is 4.02. The number of alkyl halides is 3. The van der Waals surface area contributed by atoms with Gasteiger partial charge in [-0.25, -0.2) is 0 Å². The van der Waals surface area contributed by atoms with Crippen molar-refractivity contribution in [1.82, 2.24) is 5.32 Å². The molecular formula is C6H10F3NO2. The average Bonchev–Trinajstić information content (AvgIpc) is 1.85. The van der Waals surface area contributed by atoms with Crippen LogP contribution in [0.25, 0.3) is 0 Å². The minimum Gasteiger partial charge on any atom is -0.383 e. The zero-order valence-corrected chi connectivity index (χ0v) is 6.73. The topological polar surface area (TPSA) is 38.3 Å². The first kappa shape index (κ1) is 11.2. The summed E-state index contributed by atoms with van der Waals surface area (Å²) < 4.78 is 39.3. The summed E-state index contributed by atoms with van der Waals surface area (Å²) in [5, 5.41) is 1.73. The van der Waals surface area contributed by atoms with E-state index < -0.39 is 18.1 Å². The molecule has 0 radical (unpaired) electrons. The molecule has 6 heteroatoms. The van der Waals surface area contributed by atoms with E-state index in [1.807, 2.05) is 0 Å². The highest BCUT2D eigenvalue weighted by Gasteiger charge is 2.39. The van der Waals surface area contributed by atoms with Gasteiger partial charge in [-0.3, -0.25) is 4.79 Å². The summed E-state index contributed by atoms with van der Waals surface area (Å²) >= 11 is 0. The van der Waals surface area contributed by atoms with Crippen LogP contribution in [0.5, 0.6) is 0 Å². The summed E-state index contributed by atoms with van der Waals surface area (Å²) in [4.78, 5) is 10.3. The molecule has 1 atom stereocenters. The summed E-state index contributed by atoms with van der Waals surface area (Å²) in [5.74, 6) is -1.94. The Morgan fingerprint density at radius 2 is 2.08 bits per heavy atom. The normalized spacial score (nSPS) is 14.1. The molecule has 0 heterocycles. The smallest absolute Gasteiger partial charge is 0.383 e. The molecule has 0 aliphatic carbocycles. The van der Waals surface area contributed by atoms with E-state index in [0.29, 0.717) is 0 Å². The van der Waals surface area contributed by atoms with Gasteiger partial charge in [0.25, 0.3) is 0 Å². The van der Waals surface area contributed by atoms with Crippen molar-refractivity contribution in [2.24, 2.45) is 0 Å². The van der Waals surface area contributed by atoms with E-state index in [9.17, 15) is 18.0 Å². The molecule has 1 N–H and O–H groups in total. The van der Waals surface area contributed by atoms with Crippen LogP contribution in [0, 0.1) is 0 Å². The maximum absolute atomic E-state index is 11.6. The number of halogens is 3. The number of amides is 1. The van der Waals surface area contributed by atoms with Crippen molar-refractivity contribution in [2.45, 2.75) is 19.1 Å². The van der Waals surface area contributed by atoms with Gasteiger partial charge >= 0.3 is 12.1 Å². The molecular weight excluding hydrogens is 175 g/mol. The fraction of sp³-hybridized carbons (Fsp3) is 0.833. The van der Waals surface area contributed by atoms with Gasteiger partial charge in [0.2, 0.25) is 0 Å². The first-order valence-electron chi connectivity index (χ1n) is 3.24. The molecule has 3 nitrogen and oxygen atoms in total. The van der Waals surface area contributed by atoms with E-state index in [-0.39, 0.29) is 6.61 Å². The Bertz CT molecular complexity index is 157. The van der Waals surface area contributed by atoms with Gasteiger partial charge in [0.05, 0.1) is 6.61 Å². The van der Waals surface area contributed by atoms with Crippen LogP contribution in [0.3, 0.4) is 0 Å². The first-order valence-corrected chi connectivity index (χ1v) is 3.24. The predicted octanol–water partition coefficient (Wildman–Crippen LogP) is 0.700. The van der Waals surface area contributed by atoms with Gasteiger partial charge in [-0.1, -0.05) is 0 Å². The molecule has 0 saturated carbocycles. The number of rotatable bonds is 3. The lowest BCUT2D eigenvalue weighted by molar-refractivity contribution is -0.174. The molecule has 0 fully saturated rings. The number of ether oxygens (including phenoxy) is 1. The van der Waals surface area contributed by atoms with Crippen LogP contribution < -0.4 is 5.32 Å². The van der Waals surface area contributed by atoms with Gasteiger partial charge in [-0.2, -0.15) is 13.2 Å². The molecule has 0 aliphatic heterocycles. The van der Waals surface area contributed by atoms with E-state index in [1.165, 1.54) is 14.0 Å². The largest absolute Gasteiger partial charge is 0.471 e. The van der Waals surface area contributed by atoms with Crippen LogP contribution in [0.1, 0.15) is 6.92 Å². The van der Waals surface area contributed by atoms with Crippen molar-refractivity contribution in [3.63, 3.8) is 0 Å². The standard InChI is InChI=1S/C6H10F3NO2/c1-4(3-12-2)10-5(11)6(7,8)9/h4H,3H2,1-2H3,(H,10,11). The maximum Gasteiger partial charge on any atom is 0.471 e. The van der Waals surface area contributed by atoms with Crippen LogP contribution >= 0.6 is 0 Å². The van der Waals surface area contributed by atoms with Gasteiger partial charge in [0, 0.05) is 13.2 Å². The van der Waals surface area contributed by atoms with E-state index in [4.69, 9.17) is 0 Å². The summed E-state index contributed by atoms with van der Waals surface area (Å²) in [6.45, 7) is 1.48. The third kappa shape index (κ3) is 4.17. The molecule has 12 heavy (non-hydrogen) atoms. The Morgan fingerprint density at radius 3 is 2.42 bits per heavy atom. The Balaban J connectivity index is 3.85. The van der Waals surface area contributed by atoms with E-state index >= 15 is 0 Å². The summed E-state index contributed by atoms with van der Waals surface area (Å²) in [6.07, 6.45) is -4.82. The minimum atomic E-state index is -4.82. The minimum absolute atomic E-state index is 0.0574. The highest BCUT2D eigenvalue weighted by Crippen LogP contribution is 2.14. The van der Waals surface area contributed by atoms with Gasteiger partial charge in [-0.15, -0.1) is 0 Å². The second-order valence-corrected chi connectivity index (χ2v) is 2.33. The molecule has 0 bridgehead atoms. The highest BCUT2D eigenvalue weighted by atomic mass is 19.4. The third-order valence-corrected chi connectivity index (χ3v) is 1.05. The molecule has 0 spiro atoms. The second-order valence-electron chi connectivity index (χ2n) is 2.33. The lowest BCUT2D eigenvalue weighted by atomic mass is 10.3. The van der Waals surface area contributed by atoms with Crippen molar-refractivity contribution in [1.29, 1.82) is 0 Å². The highest BCUT2D eigenvalue weighted by molar-refractivity contribution is 5.81. The predicted molar refractivity (Wildman–Crippen MR) is 35.5 cm³/mol. The molecule has 1 unspecified atom stereocenters. The van der Waals surface area contributed by atoms with Crippen molar-refractivity contribution >= 4 is 5.91 Å². The van der Waals surface area contributed by atoms with Crippen molar-refractivity contribution in [3.05, 3.63) is 0 Å². The fourth-order valence-electron chi connectivity index (χ4n) is 0.597. The van der Waals surface area contributed by atoms with E-state index in [2.05, 4.69) is 4.74 Å². The summed E-state index contributed by atoms with van der Waals surface area (Å²) in [5.41, 5.74) is 0. The van der Waals surface area contributed by atoms with E-state index in [0.717, 1.165) is 0 Å². The van der Waals surface area contributed by atoms with Gasteiger partial charge in [0.15, 0.2) is 0 Å². The number of carbonyl (C=O) groups excluding carboxylic acids is 1. The van der Waals surface area contributed by atoms with Gasteiger partial charge in [0.1, 0.15) is 0 Å². The lowest BCUT2D eigenvalue weighted by Gasteiger charge is -2.13. The average molecular weight is 185 g/mol. The van der Waals surface area contributed by atoms with E-state index in [1.54, 1.807) is 5.32 Å². The molecule has 0 aromatic heterocycles. The van der Waals surface area contributed by atoms with Gasteiger partial charge < -0.3 is 10.1 Å². The van der Waals surface area contributed by atoms with Crippen molar-refractivity contribution < 1.29 is 22.7 Å². The van der Waals surface area contributed by atoms with Crippen LogP contribution in [-0.4, -0.2) is 31.8 Å². The van der Waals surface area contributed by atoms with Crippen LogP contribution in [0.4, 0.5) is 13.2 Å². The number of nitrogens with one attached hydrogen (secondary N) is 1. The van der Waals surface area contributed by atoms with Gasteiger partial charge in [-0.05, 0) is 6.92 Å². The number of hydrogen-bond acceptors (Lipinski definition) is 2. The van der Waals surface area contributed by atoms with Crippen LogP contribution in [-0.2, 0) is 9.53 Å². The third-order valence-electron chi connectivity index (χ3n) is 1.05. The SMILES string of the molecule is COCC(C)NC(=O)C(F)(F)F. The lowest BCUT2D eigenvalue weighted by Crippen LogP contribution is -2.43. The fourth-order valence-corrected chi connectivity index (χ4v) is 0.597. The Hall–Kier alpha value is -0.780. The monoisotopic (exact) mass is 185 g/mol. The maximum atomic E-state index is 11.6. The van der Waals surface area contributed by atoms with Crippen molar-refractivity contribution in [3.8, 4) is 0 Å². The molecule has 0 aromatic carbocycles. The molecule has 0 saturated heterocycles. The van der Waals surface area contributed by atoms with Crippen LogP contribution in [0.15, 0.2) is 0 Å².